The molecule has 3 saturated carbocycles. The second-order valence-corrected chi connectivity index (χ2v) is 13.6. The first kappa shape index (κ1) is 25.4. The zero-order chi connectivity index (χ0) is 24.3. The van der Waals surface area contributed by atoms with Crippen molar-refractivity contribution in [2.75, 3.05) is 5.75 Å². The van der Waals surface area contributed by atoms with Crippen LogP contribution in [0.25, 0.3) is 0 Å². The maximum absolute atomic E-state index is 12.9. The van der Waals surface area contributed by atoms with E-state index in [1.807, 2.05) is 30.3 Å². The number of nitrogens with one attached hydrogen (secondary N) is 1. The SMILES string of the molecule is C=C1CC[C@H](O)C/C1=C/C=C1\CCC[C@]2(C)C(C(C)CCCS(=N)(=O)c3ccccc3)CC[C@@H]12. The summed E-state index contributed by atoms with van der Waals surface area (Å²) < 4.78 is 21.3. The van der Waals surface area contributed by atoms with Gasteiger partial charge in [-0.2, -0.15) is 0 Å². The van der Waals surface area contributed by atoms with Gasteiger partial charge in [-0.3, -0.25) is 0 Å². The Hall–Kier alpha value is -1.65. The number of aliphatic hydroxyl groups excluding tert-OH is 1. The lowest BCUT2D eigenvalue weighted by Gasteiger charge is -2.44. The molecule has 0 spiro atoms. The molecule has 34 heavy (non-hydrogen) atoms. The maximum Gasteiger partial charge on any atom is 0.0726 e. The Morgan fingerprint density at radius 2 is 1.97 bits per heavy atom. The van der Waals surface area contributed by atoms with Gasteiger partial charge < -0.3 is 5.11 Å². The standard InChI is InChI=1S/C30H43NO2S/c1-22-13-16-26(32)21-25(22)15-14-24-10-7-19-30(3)28(17-18-29(24)30)23(2)9-8-20-34(31,33)27-11-5-4-6-12-27/h4-6,11-12,14-15,23,26,28-29,31-32H,1,7-10,13,16-21H2,2-3H3/b24-14+,25-15-/t23?,26-,28?,29-,30+,34?/m0/s1. The summed E-state index contributed by atoms with van der Waals surface area (Å²) in [5.74, 6) is 2.39. The van der Waals surface area contributed by atoms with E-state index in [1.165, 1.54) is 43.3 Å². The summed E-state index contributed by atoms with van der Waals surface area (Å²) in [7, 11) is -2.69. The second-order valence-electron chi connectivity index (χ2n) is 11.3. The fourth-order valence-corrected chi connectivity index (χ4v) is 8.58. The molecule has 4 rings (SSSR count). The van der Waals surface area contributed by atoms with Crippen molar-refractivity contribution in [3.8, 4) is 0 Å². The van der Waals surface area contributed by atoms with Crippen LogP contribution < -0.4 is 0 Å². The zero-order valence-electron chi connectivity index (χ0n) is 21.1. The van der Waals surface area contributed by atoms with Crippen molar-refractivity contribution >= 4 is 9.73 Å². The molecule has 3 unspecified atom stereocenters. The number of hydrogen-bond donors (Lipinski definition) is 2. The van der Waals surface area contributed by atoms with E-state index in [-0.39, 0.29) is 6.10 Å². The number of aliphatic hydroxyl groups is 1. The van der Waals surface area contributed by atoms with Crippen molar-refractivity contribution in [2.45, 2.75) is 89.1 Å². The predicted molar refractivity (Wildman–Crippen MR) is 142 cm³/mol. The fourth-order valence-electron chi connectivity index (χ4n) is 7.18. The van der Waals surface area contributed by atoms with Gasteiger partial charge in [-0.15, -0.1) is 0 Å². The van der Waals surface area contributed by atoms with Crippen LogP contribution in [0.1, 0.15) is 78.1 Å². The van der Waals surface area contributed by atoms with Crippen LogP contribution in [-0.2, 0) is 9.73 Å². The Bertz CT molecular complexity index is 1040. The Kier molecular flexibility index (Phi) is 7.89. The van der Waals surface area contributed by atoms with E-state index in [0.717, 1.165) is 32.1 Å². The number of rotatable bonds is 7. The van der Waals surface area contributed by atoms with Crippen molar-refractivity contribution in [2.24, 2.45) is 23.2 Å². The maximum atomic E-state index is 12.9. The van der Waals surface area contributed by atoms with Gasteiger partial charge in [-0.25, -0.2) is 8.99 Å². The van der Waals surface area contributed by atoms with Crippen LogP contribution in [0.2, 0.25) is 0 Å². The number of allylic oxidation sites excluding steroid dienone is 4. The van der Waals surface area contributed by atoms with Gasteiger partial charge in [-0.05, 0) is 105 Å². The minimum Gasteiger partial charge on any atom is -0.393 e. The molecule has 0 saturated heterocycles. The normalized spacial score (nSPS) is 34.7. The second kappa shape index (κ2) is 10.5. The first-order valence-electron chi connectivity index (χ1n) is 13.3. The summed E-state index contributed by atoms with van der Waals surface area (Å²) in [4.78, 5) is 0.667. The van der Waals surface area contributed by atoms with Gasteiger partial charge in [0.25, 0.3) is 0 Å². The quantitative estimate of drug-likeness (QED) is 0.419. The Morgan fingerprint density at radius 1 is 1.21 bits per heavy atom. The number of benzene rings is 1. The summed E-state index contributed by atoms with van der Waals surface area (Å²) in [5, 5.41) is 10.1. The van der Waals surface area contributed by atoms with Crippen molar-refractivity contribution in [1.29, 1.82) is 4.78 Å². The molecule has 3 fully saturated rings. The lowest BCUT2D eigenvalue weighted by molar-refractivity contribution is 0.0941. The lowest BCUT2D eigenvalue weighted by atomic mass is 9.61. The molecule has 2 N–H and O–H groups in total. The third-order valence-electron chi connectivity index (χ3n) is 9.13. The van der Waals surface area contributed by atoms with Gasteiger partial charge in [0, 0.05) is 10.6 Å². The summed E-state index contributed by atoms with van der Waals surface area (Å²) >= 11 is 0. The van der Waals surface area contributed by atoms with Crippen molar-refractivity contribution in [3.63, 3.8) is 0 Å². The first-order valence-corrected chi connectivity index (χ1v) is 15.0. The highest BCUT2D eigenvalue weighted by Gasteiger charge is 2.50. The molecule has 0 amide bonds. The molecule has 0 aliphatic heterocycles. The topological polar surface area (TPSA) is 61.1 Å². The molecule has 4 heteroatoms. The Morgan fingerprint density at radius 3 is 2.74 bits per heavy atom. The smallest absolute Gasteiger partial charge is 0.0726 e. The molecule has 0 radical (unpaired) electrons. The van der Waals surface area contributed by atoms with Gasteiger partial charge in [0.05, 0.1) is 15.8 Å². The average molecular weight is 482 g/mol. The van der Waals surface area contributed by atoms with E-state index in [4.69, 9.17) is 4.78 Å². The molecule has 3 aliphatic rings. The highest BCUT2D eigenvalue weighted by molar-refractivity contribution is 7.92. The van der Waals surface area contributed by atoms with E-state index < -0.39 is 9.73 Å². The Labute approximate surface area is 207 Å². The van der Waals surface area contributed by atoms with Crippen LogP contribution >= 0.6 is 0 Å². The van der Waals surface area contributed by atoms with Crippen molar-refractivity contribution in [1.82, 2.24) is 0 Å². The van der Waals surface area contributed by atoms with E-state index in [2.05, 4.69) is 32.6 Å². The third-order valence-corrected chi connectivity index (χ3v) is 11.0. The van der Waals surface area contributed by atoms with Crippen LogP contribution in [0.4, 0.5) is 0 Å². The van der Waals surface area contributed by atoms with Gasteiger partial charge in [-0.1, -0.05) is 61.9 Å². The predicted octanol–water partition coefficient (Wildman–Crippen LogP) is 7.68. The molecule has 1 aromatic carbocycles. The highest BCUT2D eigenvalue weighted by atomic mass is 32.2. The minimum absolute atomic E-state index is 0.219. The van der Waals surface area contributed by atoms with Gasteiger partial charge in [0.2, 0.25) is 0 Å². The highest BCUT2D eigenvalue weighted by Crippen LogP contribution is 2.59. The molecule has 1 aromatic rings. The molecular weight excluding hydrogens is 438 g/mol. The molecule has 3 aliphatic carbocycles. The fraction of sp³-hybridized carbons (Fsp3) is 0.600. The molecule has 0 bridgehead atoms. The van der Waals surface area contributed by atoms with Gasteiger partial charge in [0.1, 0.15) is 0 Å². The van der Waals surface area contributed by atoms with Crippen LogP contribution in [0.5, 0.6) is 0 Å². The molecule has 0 aromatic heterocycles. The summed E-state index contributed by atoms with van der Waals surface area (Å²) in [6.07, 6.45) is 15.1. The molecule has 0 heterocycles. The molecule has 3 nitrogen and oxygen atoms in total. The third kappa shape index (κ3) is 5.44. The monoisotopic (exact) mass is 481 g/mol. The average Bonchev–Trinajstić information content (AvgIpc) is 3.17. The van der Waals surface area contributed by atoms with Gasteiger partial charge >= 0.3 is 0 Å². The molecule has 186 valence electrons. The van der Waals surface area contributed by atoms with Crippen LogP contribution in [0, 0.1) is 27.9 Å². The van der Waals surface area contributed by atoms with E-state index in [9.17, 15) is 9.32 Å². The zero-order valence-corrected chi connectivity index (χ0v) is 21.9. The molecular formula is C30H43NO2S. The van der Waals surface area contributed by atoms with E-state index in [1.54, 1.807) is 5.57 Å². The van der Waals surface area contributed by atoms with Crippen LogP contribution in [0.15, 0.2) is 70.7 Å². The summed E-state index contributed by atoms with van der Waals surface area (Å²) in [5.41, 5.74) is 4.37. The summed E-state index contributed by atoms with van der Waals surface area (Å²) in [6.45, 7) is 9.14. The largest absolute Gasteiger partial charge is 0.393 e. The van der Waals surface area contributed by atoms with Crippen LogP contribution in [0.3, 0.4) is 0 Å². The lowest BCUT2D eigenvalue weighted by Crippen LogP contribution is -2.36. The van der Waals surface area contributed by atoms with E-state index in [0.29, 0.717) is 33.8 Å². The first-order chi connectivity index (χ1) is 16.2. The van der Waals surface area contributed by atoms with Crippen molar-refractivity contribution < 1.29 is 9.32 Å². The molecule has 6 atom stereocenters. The Balaban J connectivity index is 1.40. The summed E-state index contributed by atoms with van der Waals surface area (Å²) in [6, 6.07) is 9.33. The minimum atomic E-state index is -2.69. The van der Waals surface area contributed by atoms with Crippen molar-refractivity contribution in [3.05, 3.63) is 65.8 Å². The number of hydrogen-bond acceptors (Lipinski definition) is 3. The van der Waals surface area contributed by atoms with Gasteiger partial charge in [0.15, 0.2) is 0 Å². The van der Waals surface area contributed by atoms with Crippen LogP contribution in [-0.4, -0.2) is 21.2 Å². The van der Waals surface area contributed by atoms with E-state index >= 15 is 0 Å². The number of fused-ring (bicyclic) bond motifs is 1.